The minimum absolute atomic E-state index is 0.0454. The van der Waals surface area contributed by atoms with Crippen molar-refractivity contribution in [3.05, 3.63) is 124 Å². The molecule has 42 heavy (non-hydrogen) atoms. The topological polar surface area (TPSA) is 94.4 Å². The molecular formula is C34H31FN4O3. The first-order valence-electron chi connectivity index (χ1n) is 14.0. The normalized spacial score (nSPS) is 12.4. The second kappa shape index (κ2) is 11.2. The van der Waals surface area contributed by atoms with E-state index in [-0.39, 0.29) is 42.6 Å². The fourth-order valence-corrected chi connectivity index (χ4v) is 5.65. The van der Waals surface area contributed by atoms with Crippen LogP contribution < -0.4 is 11.3 Å². The van der Waals surface area contributed by atoms with Crippen LogP contribution in [-0.4, -0.2) is 33.4 Å². The number of hydrogen-bond donors (Lipinski definition) is 1. The van der Waals surface area contributed by atoms with Crippen molar-refractivity contribution in [2.45, 2.75) is 26.4 Å². The molecule has 0 aliphatic rings. The highest BCUT2D eigenvalue weighted by molar-refractivity contribution is 6.02. The predicted octanol–water partition coefficient (Wildman–Crippen LogP) is 6.28. The van der Waals surface area contributed by atoms with Gasteiger partial charge in [-0.25, -0.2) is 9.37 Å². The van der Waals surface area contributed by atoms with Gasteiger partial charge in [-0.1, -0.05) is 74.5 Å². The summed E-state index contributed by atoms with van der Waals surface area (Å²) in [6.07, 6.45) is 0. The van der Waals surface area contributed by atoms with Crippen LogP contribution in [0.1, 0.15) is 41.6 Å². The quantitative estimate of drug-likeness (QED) is 0.236. The average Bonchev–Trinajstić information content (AvgIpc) is 3.36. The number of benzene rings is 4. The second-order valence-corrected chi connectivity index (χ2v) is 10.8. The summed E-state index contributed by atoms with van der Waals surface area (Å²) in [5.41, 5.74) is 7.76. The predicted molar refractivity (Wildman–Crippen MR) is 163 cm³/mol. The number of amides is 1. The van der Waals surface area contributed by atoms with Crippen molar-refractivity contribution in [2.75, 3.05) is 13.1 Å². The number of rotatable bonds is 8. The highest BCUT2D eigenvalue weighted by atomic mass is 19.1. The van der Waals surface area contributed by atoms with Gasteiger partial charge in [0.25, 0.3) is 11.5 Å². The van der Waals surface area contributed by atoms with E-state index in [2.05, 4.69) is 0 Å². The summed E-state index contributed by atoms with van der Waals surface area (Å²) in [5.74, 6) is -0.435. The maximum absolute atomic E-state index is 14.3. The molecule has 4 aromatic carbocycles. The Hall–Kier alpha value is -4.82. The van der Waals surface area contributed by atoms with E-state index in [0.29, 0.717) is 22.4 Å². The molecule has 8 heteroatoms. The van der Waals surface area contributed by atoms with Crippen molar-refractivity contribution in [1.29, 1.82) is 0 Å². The Morgan fingerprint density at radius 2 is 1.71 bits per heavy atom. The van der Waals surface area contributed by atoms with E-state index in [0.717, 1.165) is 16.3 Å². The maximum Gasteiger partial charge on any atom is 0.297 e. The van der Waals surface area contributed by atoms with Gasteiger partial charge in [0.2, 0.25) is 5.58 Å². The lowest BCUT2D eigenvalue weighted by atomic mass is 9.98. The number of carbonyl (C=O) groups excluding carboxylic acids is 1. The van der Waals surface area contributed by atoms with Gasteiger partial charge in [0, 0.05) is 24.0 Å². The van der Waals surface area contributed by atoms with Gasteiger partial charge in [0.1, 0.15) is 22.7 Å². The van der Waals surface area contributed by atoms with Gasteiger partial charge in [0.15, 0.2) is 0 Å². The zero-order valence-electron chi connectivity index (χ0n) is 23.5. The third-order valence-corrected chi connectivity index (χ3v) is 7.61. The Morgan fingerprint density at radius 3 is 2.45 bits per heavy atom. The maximum atomic E-state index is 14.3. The molecule has 0 bridgehead atoms. The van der Waals surface area contributed by atoms with Crippen molar-refractivity contribution in [2.24, 2.45) is 11.7 Å². The Bertz CT molecular complexity index is 1980. The molecule has 0 unspecified atom stereocenters. The summed E-state index contributed by atoms with van der Waals surface area (Å²) in [6, 6.07) is 26.5. The van der Waals surface area contributed by atoms with Gasteiger partial charge >= 0.3 is 0 Å². The van der Waals surface area contributed by atoms with E-state index < -0.39 is 17.4 Å². The second-order valence-electron chi connectivity index (χ2n) is 10.8. The third-order valence-electron chi connectivity index (χ3n) is 7.61. The highest BCUT2D eigenvalue weighted by Gasteiger charge is 2.33. The Kier molecular flexibility index (Phi) is 7.31. The molecule has 0 saturated carbocycles. The van der Waals surface area contributed by atoms with Gasteiger partial charge in [-0.2, -0.15) is 0 Å². The third kappa shape index (κ3) is 4.94. The Labute approximate surface area is 242 Å². The Morgan fingerprint density at radius 1 is 0.976 bits per heavy atom. The van der Waals surface area contributed by atoms with Crippen LogP contribution in [0.2, 0.25) is 0 Å². The molecule has 6 aromatic rings. The zero-order chi connectivity index (χ0) is 29.4. The number of furan rings is 1. The molecule has 0 saturated heterocycles. The van der Waals surface area contributed by atoms with Crippen molar-refractivity contribution in [3.8, 4) is 0 Å². The summed E-state index contributed by atoms with van der Waals surface area (Å²) >= 11 is 0. The van der Waals surface area contributed by atoms with Gasteiger partial charge < -0.3 is 15.1 Å². The highest BCUT2D eigenvalue weighted by Crippen LogP contribution is 2.33. The molecular weight excluding hydrogens is 531 g/mol. The van der Waals surface area contributed by atoms with Crippen LogP contribution in [0, 0.1) is 11.7 Å². The molecule has 1 atom stereocenters. The van der Waals surface area contributed by atoms with Crippen molar-refractivity contribution >= 4 is 38.7 Å². The van der Waals surface area contributed by atoms with Gasteiger partial charge in [0.05, 0.1) is 12.6 Å². The standard InChI is InChI=1S/C34H31FN4O3/c1-21(2)30(38(17-16-36)33(40)25-13-12-23-10-6-7-11-24(23)18-25)32-37-29-27-19-26(35)14-15-28(27)42-31(29)34(41)39(32)20-22-8-4-3-5-9-22/h3-15,18-19,21,30H,16-17,20,36H2,1-2H3/t30-/m1/s1. The summed E-state index contributed by atoms with van der Waals surface area (Å²) in [6.45, 7) is 4.64. The van der Waals surface area contributed by atoms with E-state index in [1.807, 2.05) is 86.6 Å². The summed E-state index contributed by atoms with van der Waals surface area (Å²) < 4.78 is 21.8. The minimum atomic E-state index is -0.619. The lowest BCUT2D eigenvalue weighted by molar-refractivity contribution is 0.0612. The van der Waals surface area contributed by atoms with Gasteiger partial charge in [-0.3, -0.25) is 14.2 Å². The van der Waals surface area contributed by atoms with Gasteiger partial charge in [-0.15, -0.1) is 0 Å². The molecule has 0 fully saturated rings. The fourth-order valence-electron chi connectivity index (χ4n) is 5.65. The first kappa shape index (κ1) is 27.4. The Balaban J connectivity index is 1.57. The molecule has 2 aromatic heterocycles. The number of nitrogens with two attached hydrogens (primary N) is 1. The van der Waals surface area contributed by atoms with Crippen molar-refractivity contribution in [3.63, 3.8) is 0 Å². The molecule has 0 aliphatic carbocycles. The number of hydrogen-bond acceptors (Lipinski definition) is 5. The smallest absolute Gasteiger partial charge is 0.297 e. The number of halogens is 1. The van der Waals surface area contributed by atoms with Crippen molar-refractivity contribution in [1.82, 2.24) is 14.5 Å². The summed E-state index contributed by atoms with van der Waals surface area (Å²) in [5, 5.41) is 2.39. The van der Waals surface area contributed by atoms with E-state index in [4.69, 9.17) is 15.1 Å². The van der Waals surface area contributed by atoms with Crippen LogP contribution in [-0.2, 0) is 6.54 Å². The number of aromatic nitrogens is 2. The molecule has 1 amide bonds. The molecule has 212 valence electrons. The first-order valence-corrected chi connectivity index (χ1v) is 14.0. The molecule has 6 rings (SSSR count). The SMILES string of the molecule is CC(C)[C@H](c1nc2c(oc3ccc(F)cc32)c(=O)n1Cc1ccccc1)N(CCN)C(=O)c1ccc2ccccc2c1. The van der Waals surface area contributed by atoms with E-state index in [1.165, 1.54) is 18.2 Å². The number of nitrogens with zero attached hydrogens (tertiary/aromatic N) is 3. The van der Waals surface area contributed by atoms with Crippen LogP contribution in [0.3, 0.4) is 0 Å². The van der Waals surface area contributed by atoms with Crippen LogP contribution >= 0.6 is 0 Å². The fraction of sp³-hybridized carbons (Fsp3) is 0.206. The molecule has 7 nitrogen and oxygen atoms in total. The lowest BCUT2D eigenvalue weighted by Gasteiger charge is -2.35. The van der Waals surface area contributed by atoms with Crippen molar-refractivity contribution < 1.29 is 13.6 Å². The minimum Gasteiger partial charge on any atom is -0.448 e. The monoisotopic (exact) mass is 562 g/mol. The molecule has 0 aliphatic heterocycles. The van der Waals surface area contributed by atoms with E-state index >= 15 is 0 Å². The largest absolute Gasteiger partial charge is 0.448 e. The van der Waals surface area contributed by atoms with E-state index in [9.17, 15) is 14.0 Å². The molecule has 0 radical (unpaired) electrons. The number of carbonyl (C=O) groups is 1. The summed E-state index contributed by atoms with van der Waals surface area (Å²) in [4.78, 5) is 35.0. The first-order chi connectivity index (χ1) is 20.4. The molecule has 0 spiro atoms. The molecule has 2 heterocycles. The number of fused-ring (bicyclic) bond motifs is 4. The van der Waals surface area contributed by atoms with E-state index in [1.54, 1.807) is 9.47 Å². The van der Waals surface area contributed by atoms with Crippen LogP contribution in [0.15, 0.2) is 100 Å². The van der Waals surface area contributed by atoms with Crippen LogP contribution in [0.5, 0.6) is 0 Å². The molecule has 2 N–H and O–H groups in total. The van der Waals surface area contributed by atoms with Gasteiger partial charge in [-0.05, 0) is 52.6 Å². The lowest BCUT2D eigenvalue weighted by Crippen LogP contribution is -2.43. The average molecular weight is 563 g/mol. The van der Waals surface area contributed by atoms with Crippen LogP contribution in [0.25, 0.3) is 32.8 Å². The van der Waals surface area contributed by atoms with Crippen LogP contribution in [0.4, 0.5) is 4.39 Å². The summed E-state index contributed by atoms with van der Waals surface area (Å²) in [7, 11) is 0. The zero-order valence-corrected chi connectivity index (χ0v) is 23.5.